The van der Waals surface area contributed by atoms with Gasteiger partial charge in [-0.25, -0.2) is 0 Å². The van der Waals surface area contributed by atoms with Gasteiger partial charge in [0.05, 0.1) is 0 Å². The molecule has 0 bridgehead atoms. The van der Waals surface area contributed by atoms with Crippen molar-refractivity contribution in [2.75, 3.05) is 18.0 Å². The van der Waals surface area contributed by atoms with Crippen molar-refractivity contribution in [3.63, 3.8) is 0 Å². The van der Waals surface area contributed by atoms with Crippen molar-refractivity contribution in [2.24, 2.45) is 5.73 Å². The van der Waals surface area contributed by atoms with Gasteiger partial charge in [0.15, 0.2) is 0 Å². The van der Waals surface area contributed by atoms with E-state index in [1.54, 1.807) is 0 Å². The molecule has 2 N–H and O–H groups in total. The summed E-state index contributed by atoms with van der Waals surface area (Å²) in [7, 11) is 0. The van der Waals surface area contributed by atoms with Gasteiger partial charge in [-0.3, -0.25) is 0 Å². The van der Waals surface area contributed by atoms with Crippen LogP contribution in [0.25, 0.3) is 0 Å². The first kappa shape index (κ1) is 10.5. The lowest BCUT2D eigenvalue weighted by molar-refractivity contribution is 0.575. The molecular weight excluding hydrogens is 184 g/mol. The molecule has 1 aromatic rings. The monoisotopic (exact) mass is 204 g/mol. The third kappa shape index (κ3) is 2.15. The van der Waals surface area contributed by atoms with Crippen molar-refractivity contribution in [3.8, 4) is 0 Å². The van der Waals surface area contributed by atoms with Crippen molar-refractivity contribution in [2.45, 2.75) is 32.7 Å². The number of piperidine rings is 1. The van der Waals surface area contributed by atoms with E-state index in [1.165, 1.54) is 49.2 Å². The molecule has 15 heavy (non-hydrogen) atoms. The summed E-state index contributed by atoms with van der Waals surface area (Å²) in [5.74, 6) is 0. The average Bonchev–Trinajstić information content (AvgIpc) is 2.29. The molecule has 0 aromatic heterocycles. The Kier molecular flexibility index (Phi) is 3.27. The number of para-hydroxylation sites is 1. The van der Waals surface area contributed by atoms with Crippen LogP contribution in [0.1, 0.15) is 30.4 Å². The molecule has 1 heterocycles. The summed E-state index contributed by atoms with van der Waals surface area (Å²) < 4.78 is 0. The van der Waals surface area contributed by atoms with Crippen LogP contribution in [-0.2, 0) is 6.54 Å². The number of hydrogen-bond acceptors (Lipinski definition) is 2. The zero-order chi connectivity index (χ0) is 10.7. The van der Waals surface area contributed by atoms with E-state index in [-0.39, 0.29) is 0 Å². The molecule has 0 atom stereocenters. The number of anilines is 1. The smallest absolute Gasteiger partial charge is 0.0441 e. The Balaban J connectivity index is 2.31. The second kappa shape index (κ2) is 4.67. The third-order valence-corrected chi connectivity index (χ3v) is 3.21. The summed E-state index contributed by atoms with van der Waals surface area (Å²) in [4.78, 5) is 2.50. The fourth-order valence-corrected chi connectivity index (χ4v) is 2.45. The minimum absolute atomic E-state index is 0.646. The van der Waals surface area contributed by atoms with Gasteiger partial charge in [-0.2, -0.15) is 0 Å². The number of nitrogens with two attached hydrogens (primary N) is 1. The van der Waals surface area contributed by atoms with E-state index in [0.29, 0.717) is 6.54 Å². The molecule has 0 aliphatic carbocycles. The number of rotatable bonds is 2. The van der Waals surface area contributed by atoms with Crippen molar-refractivity contribution in [1.82, 2.24) is 0 Å². The molecule has 0 spiro atoms. The summed E-state index contributed by atoms with van der Waals surface area (Å²) in [5, 5.41) is 0. The summed E-state index contributed by atoms with van der Waals surface area (Å²) in [6, 6.07) is 6.44. The molecule has 0 saturated carbocycles. The first-order chi connectivity index (χ1) is 7.33. The van der Waals surface area contributed by atoms with E-state index >= 15 is 0 Å². The lowest BCUT2D eigenvalue weighted by Gasteiger charge is -2.31. The highest BCUT2D eigenvalue weighted by Gasteiger charge is 2.15. The molecule has 2 rings (SSSR count). The zero-order valence-corrected chi connectivity index (χ0v) is 9.50. The molecular formula is C13H20N2. The fourth-order valence-electron chi connectivity index (χ4n) is 2.45. The van der Waals surface area contributed by atoms with Gasteiger partial charge in [-0.05, 0) is 37.3 Å². The van der Waals surface area contributed by atoms with Crippen LogP contribution in [0.3, 0.4) is 0 Å². The van der Waals surface area contributed by atoms with Gasteiger partial charge < -0.3 is 10.6 Å². The highest BCUT2D eigenvalue weighted by molar-refractivity contribution is 5.59. The van der Waals surface area contributed by atoms with Gasteiger partial charge >= 0.3 is 0 Å². The maximum atomic E-state index is 5.80. The van der Waals surface area contributed by atoms with E-state index in [4.69, 9.17) is 5.73 Å². The van der Waals surface area contributed by atoms with Gasteiger partial charge in [0.1, 0.15) is 0 Å². The number of benzene rings is 1. The second-order valence-electron chi connectivity index (χ2n) is 4.33. The predicted octanol–water partition coefficient (Wildman–Crippen LogP) is 2.44. The highest BCUT2D eigenvalue weighted by Crippen LogP contribution is 2.27. The lowest BCUT2D eigenvalue weighted by Crippen LogP contribution is -2.31. The predicted molar refractivity (Wildman–Crippen MR) is 65.1 cm³/mol. The quantitative estimate of drug-likeness (QED) is 0.801. The van der Waals surface area contributed by atoms with Crippen molar-refractivity contribution >= 4 is 5.69 Å². The molecule has 2 heteroatoms. The first-order valence-electron chi connectivity index (χ1n) is 5.86. The molecule has 0 amide bonds. The molecule has 1 aliphatic rings. The normalized spacial score (nSPS) is 16.8. The van der Waals surface area contributed by atoms with Crippen LogP contribution in [-0.4, -0.2) is 13.1 Å². The van der Waals surface area contributed by atoms with Gasteiger partial charge in [-0.15, -0.1) is 0 Å². The third-order valence-electron chi connectivity index (χ3n) is 3.21. The Labute approximate surface area is 92.1 Å². The SMILES string of the molecule is Cc1cccc(CN)c1N1CCCCC1. The largest absolute Gasteiger partial charge is 0.371 e. The standard InChI is InChI=1S/C13H20N2/c1-11-6-5-7-12(10-14)13(11)15-8-3-2-4-9-15/h5-7H,2-4,8-10,14H2,1H3. The van der Waals surface area contributed by atoms with Crippen LogP contribution in [0.2, 0.25) is 0 Å². The molecule has 82 valence electrons. The molecule has 1 aromatic carbocycles. The summed E-state index contributed by atoms with van der Waals surface area (Å²) in [6.07, 6.45) is 4.01. The zero-order valence-electron chi connectivity index (χ0n) is 9.50. The first-order valence-corrected chi connectivity index (χ1v) is 5.86. The van der Waals surface area contributed by atoms with Crippen LogP contribution < -0.4 is 10.6 Å². The maximum Gasteiger partial charge on any atom is 0.0441 e. The maximum absolute atomic E-state index is 5.80. The highest BCUT2D eigenvalue weighted by atomic mass is 15.1. The van der Waals surface area contributed by atoms with Gasteiger partial charge in [0.25, 0.3) is 0 Å². The van der Waals surface area contributed by atoms with Crippen LogP contribution in [0, 0.1) is 6.92 Å². The van der Waals surface area contributed by atoms with Crippen LogP contribution >= 0.6 is 0 Å². The molecule has 1 fully saturated rings. The van der Waals surface area contributed by atoms with Gasteiger partial charge in [0, 0.05) is 25.3 Å². The van der Waals surface area contributed by atoms with Crippen molar-refractivity contribution in [1.29, 1.82) is 0 Å². The molecule has 2 nitrogen and oxygen atoms in total. The number of hydrogen-bond donors (Lipinski definition) is 1. The minimum Gasteiger partial charge on any atom is -0.371 e. The minimum atomic E-state index is 0.646. The van der Waals surface area contributed by atoms with Gasteiger partial charge in [0.2, 0.25) is 0 Å². The van der Waals surface area contributed by atoms with E-state index in [9.17, 15) is 0 Å². The van der Waals surface area contributed by atoms with Crippen LogP contribution in [0.5, 0.6) is 0 Å². The Hall–Kier alpha value is -1.02. The summed E-state index contributed by atoms with van der Waals surface area (Å²) in [6.45, 7) is 5.21. The van der Waals surface area contributed by atoms with E-state index in [0.717, 1.165) is 0 Å². The Bertz CT molecular complexity index is 327. The summed E-state index contributed by atoms with van der Waals surface area (Å²) >= 11 is 0. The lowest BCUT2D eigenvalue weighted by atomic mass is 10.0. The van der Waals surface area contributed by atoms with Crippen LogP contribution in [0.4, 0.5) is 5.69 Å². The van der Waals surface area contributed by atoms with Crippen molar-refractivity contribution < 1.29 is 0 Å². The van der Waals surface area contributed by atoms with Crippen LogP contribution in [0.15, 0.2) is 18.2 Å². The Morgan fingerprint density at radius 2 is 1.93 bits per heavy atom. The number of nitrogens with zero attached hydrogens (tertiary/aromatic N) is 1. The molecule has 0 unspecified atom stereocenters. The van der Waals surface area contributed by atoms with Gasteiger partial charge in [-0.1, -0.05) is 18.2 Å². The summed E-state index contributed by atoms with van der Waals surface area (Å²) in [5.41, 5.74) is 9.84. The van der Waals surface area contributed by atoms with E-state index < -0.39 is 0 Å². The fraction of sp³-hybridized carbons (Fsp3) is 0.538. The molecule has 1 aliphatic heterocycles. The number of aryl methyl sites for hydroxylation is 1. The Morgan fingerprint density at radius 3 is 2.60 bits per heavy atom. The average molecular weight is 204 g/mol. The molecule has 1 saturated heterocycles. The van der Waals surface area contributed by atoms with Crippen molar-refractivity contribution in [3.05, 3.63) is 29.3 Å². The van der Waals surface area contributed by atoms with E-state index in [2.05, 4.69) is 30.0 Å². The second-order valence-corrected chi connectivity index (χ2v) is 4.33. The molecule has 0 radical (unpaired) electrons. The van der Waals surface area contributed by atoms with E-state index in [1.807, 2.05) is 0 Å². The topological polar surface area (TPSA) is 29.3 Å². The Morgan fingerprint density at radius 1 is 1.20 bits per heavy atom.